The van der Waals surface area contributed by atoms with Crippen molar-refractivity contribution >= 4 is 12.4 Å². The molecule has 0 radical (unpaired) electrons. The third-order valence-corrected chi connectivity index (χ3v) is 6.30. The van der Waals surface area contributed by atoms with E-state index in [2.05, 4.69) is 104 Å². The van der Waals surface area contributed by atoms with Gasteiger partial charge in [0.15, 0.2) is 0 Å². The third-order valence-electron chi connectivity index (χ3n) is 6.30. The van der Waals surface area contributed by atoms with Gasteiger partial charge in [0, 0.05) is 26.2 Å². The fourth-order valence-electron chi connectivity index (χ4n) is 3.72. The van der Waals surface area contributed by atoms with E-state index in [1.165, 1.54) is 22.3 Å². The molecule has 34 heavy (non-hydrogen) atoms. The lowest BCUT2D eigenvalue weighted by Gasteiger charge is -2.44. The van der Waals surface area contributed by atoms with Crippen LogP contribution < -0.4 is 5.32 Å². The molecule has 4 rings (SSSR count). The van der Waals surface area contributed by atoms with E-state index >= 15 is 0 Å². The standard InChI is InChI=1S/C21H25NO.C8H15NO.ClH/c1-3-17(2)16-23-20-14-22(15-20)21(18-10-6-4-7-11-18)19-12-8-5-9-13-19;1-3-7(2)6-10-8-4-9-5-8;/h3-13,20-21H,14-16H2,1-2H3;3,8-9H,4-6H2,1-2H3;1H/b17-3+;7-3+;. The van der Waals surface area contributed by atoms with Crippen molar-refractivity contribution in [3.8, 4) is 0 Å². The maximum absolute atomic E-state index is 5.97. The maximum atomic E-state index is 5.97. The highest BCUT2D eigenvalue weighted by Crippen LogP contribution is 2.33. The van der Waals surface area contributed by atoms with E-state index in [1.54, 1.807) is 0 Å². The second-order valence-corrected chi connectivity index (χ2v) is 8.97. The Balaban J connectivity index is 0.000000314. The van der Waals surface area contributed by atoms with Gasteiger partial charge in [0.1, 0.15) is 0 Å². The molecule has 2 fully saturated rings. The molecule has 0 aliphatic carbocycles. The Morgan fingerprint density at radius 2 is 1.26 bits per heavy atom. The van der Waals surface area contributed by atoms with Crippen LogP contribution in [0, 0.1) is 0 Å². The van der Waals surface area contributed by atoms with Crippen molar-refractivity contribution in [2.75, 3.05) is 39.4 Å². The summed E-state index contributed by atoms with van der Waals surface area (Å²) < 4.78 is 11.5. The normalized spacial score (nSPS) is 17.3. The predicted octanol–water partition coefficient (Wildman–Crippen LogP) is 5.81. The van der Waals surface area contributed by atoms with Gasteiger partial charge in [0.25, 0.3) is 0 Å². The first-order chi connectivity index (χ1) is 16.1. The van der Waals surface area contributed by atoms with Crippen molar-refractivity contribution in [3.63, 3.8) is 0 Å². The van der Waals surface area contributed by atoms with E-state index in [4.69, 9.17) is 9.47 Å². The summed E-state index contributed by atoms with van der Waals surface area (Å²) in [5, 5.41) is 3.16. The Morgan fingerprint density at radius 3 is 1.65 bits per heavy atom. The second kappa shape index (κ2) is 15.1. The molecule has 2 aliphatic heterocycles. The first kappa shape index (κ1) is 28.3. The van der Waals surface area contributed by atoms with Gasteiger partial charge in [-0.25, -0.2) is 0 Å². The molecule has 5 heteroatoms. The molecule has 0 amide bonds. The summed E-state index contributed by atoms with van der Waals surface area (Å²) in [7, 11) is 0. The molecule has 0 bridgehead atoms. The molecule has 2 aliphatic rings. The number of allylic oxidation sites excluding steroid dienone is 2. The van der Waals surface area contributed by atoms with Gasteiger partial charge in [-0.1, -0.05) is 84.0 Å². The van der Waals surface area contributed by atoms with Crippen molar-refractivity contribution < 1.29 is 9.47 Å². The van der Waals surface area contributed by atoms with Gasteiger partial charge in [-0.15, -0.1) is 12.4 Å². The number of rotatable bonds is 9. The number of hydrogen-bond donors (Lipinski definition) is 1. The molecular formula is C29H41ClN2O2. The average Bonchev–Trinajstić information content (AvgIpc) is 2.80. The Hall–Kier alpha value is -1.95. The Bertz CT molecular complexity index is 836. The van der Waals surface area contributed by atoms with Gasteiger partial charge in [-0.05, 0) is 38.8 Å². The van der Waals surface area contributed by atoms with E-state index in [1.807, 2.05) is 6.92 Å². The molecule has 0 aromatic heterocycles. The van der Waals surface area contributed by atoms with Crippen LogP contribution in [0.2, 0.25) is 0 Å². The number of ether oxygens (including phenoxy) is 2. The number of nitrogens with one attached hydrogen (secondary N) is 1. The molecule has 2 aromatic rings. The largest absolute Gasteiger partial charge is 0.371 e. The molecule has 0 atom stereocenters. The van der Waals surface area contributed by atoms with Gasteiger partial charge in [-0.2, -0.15) is 0 Å². The van der Waals surface area contributed by atoms with Crippen LogP contribution in [0.4, 0.5) is 0 Å². The number of nitrogens with zero attached hydrogens (tertiary/aromatic N) is 1. The second-order valence-electron chi connectivity index (χ2n) is 8.97. The van der Waals surface area contributed by atoms with E-state index < -0.39 is 0 Å². The zero-order valence-corrected chi connectivity index (χ0v) is 21.9. The Kier molecular flexibility index (Phi) is 12.6. The van der Waals surface area contributed by atoms with E-state index in [0.29, 0.717) is 18.2 Å². The molecule has 0 saturated carbocycles. The minimum Gasteiger partial charge on any atom is -0.371 e. The zero-order valence-electron chi connectivity index (χ0n) is 21.1. The summed E-state index contributed by atoms with van der Waals surface area (Å²) in [6.45, 7) is 13.9. The predicted molar refractivity (Wildman–Crippen MR) is 145 cm³/mol. The van der Waals surface area contributed by atoms with Gasteiger partial charge >= 0.3 is 0 Å². The van der Waals surface area contributed by atoms with E-state index in [-0.39, 0.29) is 12.4 Å². The topological polar surface area (TPSA) is 33.7 Å². The molecular weight excluding hydrogens is 444 g/mol. The zero-order chi connectivity index (χ0) is 23.5. The van der Waals surface area contributed by atoms with Gasteiger partial charge < -0.3 is 14.8 Å². The van der Waals surface area contributed by atoms with Gasteiger partial charge in [-0.3, -0.25) is 4.90 Å². The molecule has 2 saturated heterocycles. The smallest absolute Gasteiger partial charge is 0.0833 e. The molecule has 2 aromatic carbocycles. The summed E-state index contributed by atoms with van der Waals surface area (Å²) in [6, 6.07) is 21.8. The SMILES string of the molecule is C/C=C(\C)COC1CN(C(c2ccccc2)c2ccccc2)C1.C/C=C(\C)COC1CNC1.Cl. The average molecular weight is 485 g/mol. The van der Waals surface area contributed by atoms with Crippen molar-refractivity contribution in [1.82, 2.24) is 10.2 Å². The summed E-state index contributed by atoms with van der Waals surface area (Å²) in [5.74, 6) is 0. The minimum absolute atomic E-state index is 0. The first-order valence-electron chi connectivity index (χ1n) is 12.1. The maximum Gasteiger partial charge on any atom is 0.0833 e. The number of likely N-dealkylation sites (tertiary alicyclic amines) is 1. The van der Waals surface area contributed by atoms with Crippen molar-refractivity contribution in [2.45, 2.75) is 45.9 Å². The molecule has 2 heterocycles. The number of halogens is 1. The van der Waals surface area contributed by atoms with Crippen LogP contribution >= 0.6 is 12.4 Å². The summed E-state index contributed by atoms with van der Waals surface area (Å²) >= 11 is 0. The minimum atomic E-state index is 0. The third kappa shape index (κ3) is 8.68. The highest BCUT2D eigenvalue weighted by atomic mass is 35.5. The van der Waals surface area contributed by atoms with Crippen LogP contribution in [-0.2, 0) is 9.47 Å². The number of hydrogen-bond acceptors (Lipinski definition) is 4. The van der Waals surface area contributed by atoms with Gasteiger partial charge in [0.05, 0.1) is 31.5 Å². The van der Waals surface area contributed by atoms with Crippen molar-refractivity contribution in [3.05, 3.63) is 95.1 Å². The number of benzene rings is 2. The molecule has 4 nitrogen and oxygen atoms in total. The highest BCUT2D eigenvalue weighted by molar-refractivity contribution is 5.85. The van der Waals surface area contributed by atoms with Gasteiger partial charge in [0.2, 0.25) is 0 Å². The van der Waals surface area contributed by atoms with Crippen LogP contribution in [0.5, 0.6) is 0 Å². The lowest BCUT2D eigenvalue weighted by Crippen LogP contribution is -2.53. The Labute approximate surface area is 212 Å². The highest BCUT2D eigenvalue weighted by Gasteiger charge is 2.34. The Morgan fingerprint density at radius 1 is 0.824 bits per heavy atom. The van der Waals surface area contributed by atoms with Crippen LogP contribution in [0.3, 0.4) is 0 Å². The molecule has 0 spiro atoms. The first-order valence-corrected chi connectivity index (χ1v) is 12.1. The van der Waals surface area contributed by atoms with E-state index in [9.17, 15) is 0 Å². The van der Waals surface area contributed by atoms with Crippen LogP contribution in [0.25, 0.3) is 0 Å². The lowest BCUT2D eigenvalue weighted by molar-refractivity contribution is -0.0589. The monoisotopic (exact) mass is 484 g/mol. The summed E-state index contributed by atoms with van der Waals surface area (Å²) in [6.07, 6.45) is 5.02. The fraction of sp³-hybridized carbons (Fsp3) is 0.448. The quantitative estimate of drug-likeness (QED) is 0.455. The molecule has 1 N–H and O–H groups in total. The van der Waals surface area contributed by atoms with Crippen LogP contribution in [-0.4, -0.2) is 56.5 Å². The molecule has 0 unspecified atom stereocenters. The molecule has 186 valence electrons. The fourth-order valence-corrected chi connectivity index (χ4v) is 3.72. The van der Waals surface area contributed by atoms with E-state index in [0.717, 1.165) is 39.4 Å². The van der Waals surface area contributed by atoms with Crippen LogP contribution in [0.1, 0.15) is 44.9 Å². The summed E-state index contributed by atoms with van der Waals surface area (Å²) in [4.78, 5) is 2.50. The van der Waals surface area contributed by atoms with Crippen LogP contribution in [0.15, 0.2) is 84.0 Å². The summed E-state index contributed by atoms with van der Waals surface area (Å²) in [5.41, 5.74) is 5.31. The lowest BCUT2D eigenvalue weighted by atomic mass is 9.94. The van der Waals surface area contributed by atoms with Crippen molar-refractivity contribution in [1.29, 1.82) is 0 Å². The van der Waals surface area contributed by atoms with Crippen molar-refractivity contribution in [2.24, 2.45) is 0 Å².